The third kappa shape index (κ3) is 5.31. The Balaban J connectivity index is 1.32. The van der Waals surface area contributed by atoms with Gasteiger partial charge in [0.25, 0.3) is 0 Å². The van der Waals surface area contributed by atoms with Gasteiger partial charge in [-0.25, -0.2) is 9.37 Å². The standard InChI is InChI=1S/C30H34FN3O4/c1-3-37-25-16-21(17-26(38-4-2)28(25)22-7-9-23(31)10-8-22)19-33-14-11-30(12-15-33)18-27(36)34(20-30)29-24(35)6-5-13-32-29/h5-10,13,16-17,35H,3-4,11-12,14-15,18-20H2,1-2H3/p+1. The highest BCUT2D eigenvalue weighted by atomic mass is 19.1. The average Bonchev–Trinajstić information content (AvgIpc) is 3.22. The smallest absolute Gasteiger partial charge is 0.228 e. The molecule has 7 nitrogen and oxygen atoms in total. The minimum absolute atomic E-state index is 0.0292. The Kier molecular flexibility index (Phi) is 7.51. The van der Waals surface area contributed by atoms with E-state index < -0.39 is 0 Å². The number of rotatable bonds is 8. The first-order valence-electron chi connectivity index (χ1n) is 13.4. The predicted octanol–water partition coefficient (Wildman–Crippen LogP) is 3.99. The van der Waals surface area contributed by atoms with E-state index in [4.69, 9.17) is 9.47 Å². The van der Waals surface area contributed by atoms with Gasteiger partial charge in [-0.05, 0) is 55.8 Å². The van der Waals surface area contributed by atoms with Crippen LogP contribution >= 0.6 is 0 Å². The molecule has 2 N–H and O–H groups in total. The Hall–Kier alpha value is -3.65. The number of nitrogens with one attached hydrogen (secondary N) is 1. The normalized spacial score (nSPS) is 21.2. The molecule has 0 unspecified atom stereocenters. The van der Waals surface area contributed by atoms with E-state index in [1.54, 1.807) is 35.4 Å². The van der Waals surface area contributed by atoms with Crippen molar-refractivity contribution in [3.8, 4) is 28.4 Å². The van der Waals surface area contributed by atoms with E-state index >= 15 is 0 Å². The number of benzene rings is 2. The third-order valence-corrected chi connectivity index (χ3v) is 7.67. The van der Waals surface area contributed by atoms with Crippen LogP contribution < -0.4 is 19.3 Å². The molecule has 3 aromatic rings. The second-order valence-corrected chi connectivity index (χ2v) is 10.3. The molecule has 38 heavy (non-hydrogen) atoms. The number of aromatic hydroxyl groups is 1. The molecule has 2 saturated heterocycles. The number of carbonyl (C=O) groups is 1. The number of amides is 1. The zero-order chi connectivity index (χ0) is 26.7. The van der Waals surface area contributed by atoms with Crippen LogP contribution in [0.3, 0.4) is 0 Å². The number of anilines is 1. The molecular formula is C30H35FN3O4+. The third-order valence-electron chi connectivity index (χ3n) is 7.67. The number of quaternary nitrogens is 1. The van der Waals surface area contributed by atoms with Gasteiger partial charge in [-0.15, -0.1) is 0 Å². The molecular weight excluding hydrogens is 485 g/mol. The van der Waals surface area contributed by atoms with Crippen LogP contribution in [0, 0.1) is 11.2 Å². The zero-order valence-corrected chi connectivity index (χ0v) is 22.0. The highest BCUT2D eigenvalue weighted by Gasteiger charge is 2.47. The largest absolute Gasteiger partial charge is 0.504 e. The molecule has 2 aromatic carbocycles. The van der Waals surface area contributed by atoms with Gasteiger partial charge < -0.3 is 19.5 Å². The monoisotopic (exact) mass is 520 g/mol. The fourth-order valence-electron chi connectivity index (χ4n) is 5.81. The number of halogens is 1. The van der Waals surface area contributed by atoms with Crippen LogP contribution in [0.15, 0.2) is 54.7 Å². The number of likely N-dealkylation sites (tertiary alicyclic amines) is 1. The summed E-state index contributed by atoms with van der Waals surface area (Å²) in [4.78, 5) is 20.2. The van der Waals surface area contributed by atoms with E-state index in [1.807, 2.05) is 13.8 Å². The van der Waals surface area contributed by atoms with Crippen molar-refractivity contribution in [2.24, 2.45) is 5.41 Å². The van der Waals surface area contributed by atoms with E-state index in [0.717, 1.165) is 60.7 Å². The van der Waals surface area contributed by atoms with Gasteiger partial charge in [-0.2, -0.15) is 0 Å². The van der Waals surface area contributed by atoms with Crippen LogP contribution in [-0.4, -0.2) is 48.8 Å². The van der Waals surface area contributed by atoms with Crippen LogP contribution in [0.25, 0.3) is 11.1 Å². The summed E-state index contributed by atoms with van der Waals surface area (Å²) in [7, 11) is 0. The van der Waals surface area contributed by atoms with E-state index in [0.29, 0.717) is 32.0 Å². The molecule has 200 valence electrons. The molecule has 0 bridgehead atoms. The van der Waals surface area contributed by atoms with Gasteiger partial charge in [0.2, 0.25) is 5.91 Å². The van der Waals surface area contributed by atoms with Crippen LogP contribution in [0.1, 0.15) is 38.7 Å². The van der Waals surface area contributed by atoms with Crippen LogP contribution in [0.5, 0.6) is 17.2 Å². The summed E-state index contributed by atoms with van der Waals surface area (Å²) >= 11 is 0. The molecule has 0 atom stereocenters. The van der Waals surface area contributed by atoms with Crippen molar-refractivity contribution >= 4 is 11.7 Å². The van der Waals surface area contributed by atoms with Crippen molar-refractivity contribution in [3.63, 3.8) is 0 Å². The van der Waals surface area contributed by atoms with E-state index in [2.05, 4.69) is 17.1 Å². The molecule has 8 heteroatoms. The van der Waals surface area contributed by atoms with Crippen LogP contribution in [-0.2, 0) is 11.3 Å². The maximum atomic E-state index is 13.6. The maximum Gasteiger partial charge on any atom is 0.228 e. The summed E-state index contributed by atoms with van der Waals surface area (Å²) in [5.41, 5.74) is 2.74. The molecule has 2 aliphatic heterocycles. The fraction of sp³-hybridized carbons (Fsp3) is 0.400. The van der Waals surface area contributed by atoms with Gasteiger partial charge in [0.1, 0.15) is 23.9 Å². The summed E-state index contributed by atoms with van der Waals surface area (Å²) in [5, 5.41) is 10.2. The molecule has 1 aromatic heterocycles. The number of pyridine rings is 1. The molecule has 2 fully saturated rings. The highest BCUT2D eigenvalue weighted by Crippen LogP contribution is 2.42. The zero-order valence-electron chi connectivity index (χ0n) is 22.0. The van der Waals surface area contributed by atoms with Gasteiger partial charge in [-0.3, -0.25) is 9.69 Å². The first kappa shape index (κ1) is 26.0. The lowest BCUT2D eigenvalue weighted by atomic mass is 9.77. The number of carbonyl (C=O) groups excluding carboxylic acids is 1. The molecule has 2 aliphatic rings. The first-order chi connectivity index (χ1) is 18.4. The first-order valence-corrected chi connectivity index (χ1v) is 13.4. The lowest BCUT2D eigenvalue weighted by Gasteiger charge is -2.36. The Morgan fingerprint density at radius 1 is 1.05 bits per heavy atom. The SMILES string of the molecule is CCOc1cc(C[NH+]2CCC3(CC2)CC(=O)N(c2ncccc2O)C3)cc(OCC)c1-c1ccc(F)cc1. The summed E-state index contributed by atoms with van der Waals surface area (Å²) in [6.07, 6.45) is 3.96. The van der Waals surface area contributed by atoms with Crippen molar-refractivity contribution in [1.82, 2.24) is 4.98 Å². The van der Waals surface area contributed by atoms with Crippen molar-refractivity contribution in [1.29, 1.82) is 0 Å². The van der Waals surface area contributed by atoms with Gasteiger partial charge in [0.15, 0.2) is 11.6 Å². The predicted molar refractivity (Wildman–Crippen MR) is 143 cm³/mol. The number of nitrogens with zero attached hydrogens (tertiary/aromatic N) is 2. The van der Waals surface area contributed by atoms with Crippen molar-refractivity contribution in [2.75, 3.05) is 37.7 Å². The second-order valence-electron chi connectivity index (χ2n) is 10.3. The van der Waals surface area contributed by atoms with Crippen molar-refractivity contribution < 1.29 is 28.7 Å². The van der Waals surface area contributed by atoms with E-state index in [9.17, 15) is 14.3 Å². The summed E-state index contributed by atoms with van der Waals surface area (Å²) < 4.78 is 25.7. The lowest BCUT2D eigenvalue weighted by Crippen LogP contribution is -3.12. The fourth-order valence-corrected chi connectivity index (χ4v) is 5.81. The summed E-state index contributed by atoms with van der Waals surface area (Å²) in [6.45, 7) is 8.24. The van der Waals surface area contributed by atoms with Crippen molar-refractivity contribution in [3.05, 3.63) is 66.1 Å². The molecule has 5 rings (SSSR count). The van der Waals surface area contributed by atoms with Gasteiger partial charge in [0, 0.05) is 43.0 Å². The number of piperidine rings is 1. The molecule has 3 heterocycles. The van der Waals surface area contributed by atoms with Gasteiger partial charge in [0.05, 0.1) is 31.9 Å². The Bertz CT molecular complexity index is 1260. The Morgan fingerprint density at radius 2 is 1.71 bits per heavy atom. The summed E-state index contributed by atoms with van der Waals surface area (Å²) in [6, 6.07) is 13.8. The molecule has 0 radical (unpaired) electrons. The molecule has 1 amide bonds. The maximum absolute atomic E-state index is 13.6. The minimum Gasteiger partial charge on any atom is -0.504 e. The average molecular weight is 521 g/mol. The number of aromatic nitrogens is 1. The topological polar surface area (TPSA) is 76.3 Å². The minimum atomic E-state index is -0.281. The quantitative estimate of drug-likeness (QED) is 0.470. The highest BCUT2D eigenvalue weighted by molar-refractivity contribution is 5.96. The van der Waals surface area contributed by atoms with Crippen LogP contribution in [0.2, 0.25) is 0 Å². The van der Waals surface area contributed by atoms with Gasteiger partial charge in [-0.1, -0.05) is 12.1 Å². The van der Waals surface area contributed by atoms with Crippen LogP contribution in [0.4, 0.5) is 10.2 Å². The Morgan fingerprint density at radius 3 is 2.32 bits per heavy atom. The Labute approximate surface area is 222 Å². The van der Waals surface area contributed by atoms with Crippen molar-refractivity contribution in [2.45, 2.75) is 39.7 Å². The van der Waals surface area contributed by atoms with E-state index in [-0.39, 0.29) is 22.9 Å². The molecule has 1 spiro atoms. The molecule has 0 saturated carbocycles. The number of hydrogen-bond acceptors (Lipinski definition) is 5. The van der Waals surface area contributed by atoms with E-state index in [1.165, 1.54) is 17.0 Å². The lowest BCUT2D eigenvalue weighted by molar-refractivity contribution is -0.921. The summed E-state index contributed by atoms with van der Waals surface area (Å²) in [5.74, 6) is 1.62. The second kappa shape index (κ2) is 11.0. The van der Waals surface area contributed by atoms with Gasteiger partial charge >= 0.3 is 0 Å². The number of ether oxygens (including phenoxy) is 2. The molecule has 0 aliphatic carbocycles. The number of hydrogen-bond donors (Lipinski definition) is 2.